The molecule has 6 nitrogen and oxygen atoms in total. The minimum absolute atomic E-state index is 0.558. The van der Waals surface area contributed by atoms with Gasteiger partial charge in [-0.05, 0) is 43.3 Å². The molecule has 3 N–H and O–H groups in total. The number of carboxylic acids is 1. The van der Waals surface area contributed by atoms with Crippen LogP contribution in [0.2, 0.25) is 0 Å². The zero-order chi connectivity index (χ0) is 17.1. The van der Waals surface area contributed by atoms with E-state index in [1.807, 2.05) is 36.4 Å². The summed E-state index contributed by atoms with van der Waals surface area (Å²) >= 11 is 1.61. The first-order chi connectivity index (χ1) is 11.5. The lowest BCUT2D eigenvalue weighted by Gasteiger charge is -2.10. The fourth-order valence-corrected chi connectivity index (χ4v) is 3.09. The summed E-state index contributed by atoms with van der Waals surface area (Å²) in [5, 5.41) is 14.6. The highest BCUT2D eigenvalue weighted by molar-refractivity contribution is 7.21. The van der Waals surface area contributed by atoms with Crippen LogP contribution < -0.4 is 10.6 Å². The van der Waals surface area contributed by atoms with Crippen LogP contribution in [0.5, 0.6) is 0 Å². The number of carboxylic acid groups (broad SMARTS) is 1. The van der Waals surface area contributed by atoms with Crippen LogP contribution >= 0.6 is 11.3 Å². The Labute approximate surface area is 142 Å². The molecule has 122 valence electrons. The van der Waals surface area contributed by atoms with Crippen LogP contribution in [0.3, 0.4) is 0 Å². The molecule has 0 aliphatic rings. The second kappa shape index (κ2) is 6.67. The standard InChI is InChI=1S/C17H15N3O3S/c1-10(16(21)22)18-17(23)19-12-8-6-11(7-9-12)15-20-13-4-2-3-5-14(13)24-15/h2-10H,1H3,(H,21,22)(H2,18,19,23). The fraction of sp³-hybridized carbons (Fsp3) is 0.118. The van der Waals surface area contributed by atoms with Gasteiger partial charge in [0, 0.05) is 11.3 Å². The molecule has 3 aromatic rings. The maximum Gasteiger partial charge on any atom is 0.325 e. The maximum atomic E-state index is 11.7. The number of aliphatic carboxylic acids is 1. The van der Waals surface area contributed by atoms with Gasteiger partial charge >= 0.3 is 12.0 Å². The number of anilines is 1. The number of carbonyl (C=O) groups excluding carboxylic acids is 1. The van der Waals surface area contributed by atoms with Crippen LogP contribution in [0, 0.1) is 0 Å². The number of rotatable bonds is 4. The van der Waals surface area contributed by atoms with Crippen LogP contribution in [0.1, 0.15) is 6.92 Å². The molecule has 3 rings (SSSR count). The van der Waals surface area contributed by atoms with Gasteiger partial charge in [-0.2, -0.15) is 0 Å². The number of urea groups is 1. The first kappa shape index (κ1) is 15.9. The van der Waals surface area contributed by atoms with E-state index in [2.05, 4.69) is 15.6 Å². The Balaban J connectivity index is 1.71. The van der Waals surface area contributed by atoms with Gasteiger partial charge in [-0.1, -0.05) is 12.1 Å². The molecule has 24 heavy (non-hydrogen) atoms. The van der Waals surface area contributed by atoms with Crippen molar-refractivity contribution in [2.75, 3.05) is 5.32 Å². The average molecular weight is 341 g/mol. The highest BCUT2D eigenvalue weighted by atomic mass is 32.1. The molecule has 1 unspecified atom stereocenters. The van der Waals surface area contributed by atoms with E-state index < -0.39 is 18.0 Å². The predicted octanol–water partition coefficient (Wildman–Crippen LogP) is 3.56. The summed E-state index contributed by atoms with van der Waals surface area (Å²) < 4.78 is 1.12. The van der Waals surface area contributed by atoms with Crippen molar-refractivity contribution >= 4 is 39.2 Å². The van der Waals surface area contributed by atoms with Gasteiger partial charge in [0.2, 0.25) is 0 Å². The van der Waals surface area contributed by atoms with Gasteiger partial charge in [0.05, 0.1) is 10.2 Å². The molecule has 0 saturated heterocycles. The summed E-state index contributed by atoms with van der Waals surface area (Å²) in [7, 11) is 0. The molecule has 1 heterocycles. The number of benzene rings is 2. The van der Waals surface area contributed by atoms with Crippen molar-refractivity contribution in [2.24, 2.45) is 0 Å². The number of nitrogens with one attached hydrogen (secondary N) is 2. The zero-order valence-corrected chi connectivity index (χ0v) is 13.6. The van der Waals surface area contributed by atoms with E-state index in [1.54, 1.807) is 23.5 Å². The molecule has 0 spiro atoms. The van der Waals surface area contributed by atoms with Crippen molar-refractivity contribution in [3.8, 4) is 10.6 Å². The van der Waals surface area contributed by atoms with Gasteiger partial charge in [-0.15, -0.1) is 11.3 Å². The van der Waals surface area contributed by atoms with Crippen molar-refractivity contribution in [1.82, 2.24) is 10.3 Å². The molecule has 1 atom stereocenters. The number of aromatic nitrogens is 1. The molecule has 0 saturated carbocycles. The monoisotopic (exact) mass is 341 g/mol. The summed E-state index contributed by atoms with van der Waals surface area (Å²) in [5.74, 6) is -1.09. The molecule has 0 aliphatic carbocycles. The molecule has 1 aromatic heterocycles. The van der Waals surface area contributed by atoms with E-state index in [0.29, 0.717) is 5.69 Å². The average Bonchev–Trinajstić information content (AvgIpc) is 2.99. The van der Waals surface area contributed by atoms with Gasteiger partial charge in [0.1, 0.15) is 11.0 Å². The summed E-state index contributed by atoms with van der Waals surface area (Å²) in [6.45, 7) is 1.40. The van der Waals surface area contributed by atoms with Crippen LogP contribution in [0.15, 0.2) is 48.5 Å². The first-order valence-corrected chi connectivity index (χ1v) is 8.11. The predicted molar refractivity (Wildman–Crippen MR) is 94.3 cm³/mol. The molecular formula is C17H15N3O3S. The normalized spacial score (nSPS) is 11.9. The van der Waals surface area contributed by atoms with Gasteiger partial charge in [-0.25, -0.2) is 9.78 Å². The maximum absolute atomic E-state index is 11.7. The third-order valence-electron chi connectivity index (χ3n) is 3.40. The van der Waals surface area contributed by atoms with E-state index in [-0.39, 0.29) is 0 Å². The van der Waals surface area contributed by atoms with E-state index in [4.69, 9.17) is 5.11 Å². The molecule has 0 radical (unpaired) electrons. The Morgan fingerprint density at radius 2 is 1.83 bits per heavy atom. The van der Waals surface area contributed by atoms with Crippen molar-refractivity contribution < 1.29 is 14.7 Å². The molecule has 0 bridgehead atoms. The summed E-state index contributed by atoms with van der Waals surface area (Å²) in [6.07, 6.45) is 0. The minimum atomic E-state index is -1.09. The Hall–Kier alpha value is -2.93. The Morgan fingerprint density at radius 3 is 2.50 bits per heavy atom. The first-order valence-electron chi connectivity index (χ1n) is 7.29. The highest BCUT2D eigenvalue weighted by Crippen LogP contribution is 2.30. The topological polar surface area (TPSA) is 91.3 Å². The van der Waals surface area contributed by atoms with Crippen LogP contribution in [0.4, 0.5) is 10.5 Å². The number of nitrogens with zero attached hydrogens (tertiary/aromatic N) is 1. The van der Waals surface area contributed by atoms with Crippen molar-refractivity contribution in [3.05, 3.63) is 48.5 Å². The Bertz CT molecular complexity index is 856. The van der Waals surface area contributed by atoms with E-state index in [0.717, 1.165) is 20.8 Å². The Morgan fingerprint density at radius 1 is 1.12 bits per heavy atom. The number of amides is 2. The summed E-state index contributed by atoms with van der Waals surface area (Å²) in [5.41, 5.74) is 2.50. The quantitative estimate of drug-likeness (QED) is 0.677. The molecule has 2 aromatic carbocycles. The number of carbonyl (C=O) groups is 2. The second-order valence-electron chi connectivity index (χ2n) is 5.22. The van der Waals surface area contributed by atoms with Crippen LogP contribution in [-0.2, 0) is 4.79 Å². The van der Waals surface area contributed by atoms with E-state index in [9.17, 15) is 9.59 Å². The third kappa shape index (κ3) is 3.52. The van der Waals surface area contributed by atoms with Gasteiger partial charge in [0.15, 0.2) is 0 Å². The third-order valence-corrected chi connectivity index (χ3v) is 4.49. The lowest BCUT2D eigenvalue weighted by Crippen LogP contribution is -2.40. The number of para-hydroxylation sites is 1. The largest absolute Gasteiger partial charge is 0.480 e. The SMILES string of the molecule is CC(NC(=O)Nc1ccc(-c2nc3ccccc3s2)cc1)C(=O)O. The molecule has 7 heteroatoms. The van der Waals surface area contributed by atoms with Crippen molar-refractivity contribution in [3.63, 3.8) is 0 Å². The molecule has 0 aliphatic heterocycles. The van der Waals surface area contributed by atoms with Gasteiger partial charge in [0.25, 0.3) is 0 Å². The lowest BCUT2D eigenvalue weighted by molar-refractivity contribution is -0.138. The van der Waals surface area contributed by atoms with E-state index in [1.165, 1.54) is 6.92 Å². The smallest absolute Gasteiger partial charge is 0.325 e. The Kier molecular flexibility index (Phi) is 4.43. The van der Waals surface area contributed by atoms with Gasteiger partial charge in [-0.3, -0.25) is 4.79 Å². The van der Waals surface area contributed by atoms with Crippen LogP contribution in [0.25, 0.3) is 20.8 Å². The van der Waals surface area contributed by atoms with Crippen molar-refractivity contribution in [1.29, 1.82) is 0 Å². The second-order valence-corrected chi connectivity index (χ2v) is 6.25. The fourth-order valence-electron chi connectivity index (χ4n) is 2.12. The number of hydrogen-bond donors (Lipinski definition) is 3. The van der Waals surface area contributed by atoms with Crippen LogP contribution in [-0.4, -0.2) is 28.1 Å². The summed E-state index contributed by atoms with van der Waals surface area (Å²) in [4.78, 5) is 27.0. The molecule has 0 fully saturated rings. The lowest BCUT2D eigenvalue weighted by atomic mass is 10.2. The minimum Gasteiger partial charge on any atom is -0.480 e. The summed E-state index contributed by atoms with van der Waals surface area (Å²) in [6, 6.07) is 13.7. The number of fused-ring (bicyclic) bond motifs is 1. The van der Waals surface area contributed by atoms with Crippen molar-refractivity contribution in [2.45, 2.75) is 13.0 Å². The molecular weight excluding hydrogens is 326 g/mol. The van der Waals surface area contributed by atoms with E-state index >= 15 is 0 Å². The number of hydrogen-bond acceptors (Lipinski definition) is 4. The van der Waals surface area contributed by atoms with Gasteiger partial charge < -0.3 is 15.7 Å². The highest BCUT2D eigenvalue weighted by Gasteiger charge is 2.13. The molecule has 2 amide bonds. The number of thiazole rings is 1. The zero-order valence-electron chi connectivity index (χ0n) is 12.8.